The molecule has 0 spiro atoms. The van der Waals surface area contributed by atoms with Crippen LogP contribution in [0.25, 0.3) is 0 Å². The lowest BCUT2D eigenvalue weighted by Crippen LogP contribution is -2.30. The minimum Gasteiger partial charge on any atom is -0.444 e. The third-order valence-electron chi connectivity index (χ3n) is 4.63. The van der Waals surface area contributed by atoms with E-state index in [9.17, 15) is 9.59 Å². The predicted octanol–water partition coefficient (Wildman–Crippen LogP) is 3.90. The number of hydrogen-bond donors (Lipinski definition) is 0. The van der Waals surface area contributed by atoms with Gasteiger partial charge in [0, 0.05) is 24.4 Å². The lowest BCUT2D eigenvalue weighted by Gasteiger charge is -2.18. The maximum atomic E-state index is 12.5. The van der Waals surface area contributed by atoms with Gasteiger partial charge < -0.3 is 4.74 Å². The molecule has 0 N–H and O–H groups in total. The number of ether oxygens (including phenoxy) is 1. The van der Waals surface area contributed by atoms with Crippen molar-refractivity contribution in [2.75, 3.05) is 11.4 Å². The maximum Gasteiger partial charge on any atom is 0.414 e. The van der Waals surface area contributed by atoms with Crippen molar-refractivity contribution in [3.8, 4) is 0 Å². The second-order valence-corrected chi connectivity index (χ2v) is 6.05. The molecular formula is C19H17NO3. The van der Waals surface area contributed by atoms with Gasteiger partial charge in [0.15, 0.2) is 5.78 Å². The summed E-state index contributed by atoms with van der Waals surface area (Å²) in [7, 11) is 0. The molecule has 4 heteroatoms. The standard InChI is InChI=1S/C19H17NO3/c21-17-10-9-14-11-20(16-8-4-7-15(17)18(14)16)19(22)23-12-13-5-2-1-3-6-13/h1-8,14H,9-12H2. The van der Waals surface area contributed by atoms with Gasteiger partial charge in [-0.05, 0) is 23.6 Å². The number of nitrogens with zero attached hydrogens (tertiary/aromatic N) is 1. The minimum atomic E-state index is -0.343. The Hall–Kier alpha value is -2.62. The lowest BCUT2D eigenvalue weighted by atomic mass is 9.83. The van der Waals surface area contributed by atoms with Crippen LogP contribution in [0.5, 0.6) is 0 Å². The molecular weight excluding hydrogens is 290 g/mol. The number of amides is 1. The molecule has 0 saturated heterocycles. The van der Waals surface area contributed by atoms with Gasteiger partial charge in [0.05, 0.1) is 5.69 Å². The molecule has 2 aliphatic rings. The van der Waals surface area contributed by atoms with Gasteiger partial charge in [-0.1, -0.05) is 42.5 Å². The van der Waals surface area contributed by atoms with Crippen LogP contribution < -0.4 is 4.90 Å². The van der Waals surface area contributed by atoms with Crippen molar-refractivity contribution in [3.05, 3.63) is 65.2 Å². The van der Waals surface area contributed by atoms with E-state index in [0.717, 1.165) is 28.8 Å². The Labute approximate surface area is 134 Å². The van der Waals surface area contributed by atoms with E-state index in [1.807, 2.05) is 48.5 Å². The number of Topliss-reactive ketones (excluding diaryl/α,β-unsaturated/α-hetero) is 1. The summed E-state index contributed by atoms with van der Waals surface area (Å²) >= 11 is 0. The third kappa shape index (κ3) is 2.40. The van der Waals surface area contributed by atoms with E-state index < -0.39 is 0 Å². The topological polar surface area (TPSA) is 46.6 Å². The van der Waals surface area contributed by atoms with Crippen LogP contribution in [0.3, 0.4) is 0 Å². The summed E-state index contributed by atoms with van der Waals surface area (Å²) in [5, 5.41) is 0. The van der Waals surface area contributed by atoms with Gasteiger partial charge in [-0.25, -0.2) is 4.79 Å². The van der Waals surface area contributed by atoms with Gasteiger partial charge in [0.25, 0.3) is 0 Å². The van der Waals surface area contributed by atoms with Crippen molar-refractivity contribution in [1.29, 1.82) is 0 Å². The Kier molecular flexibility index (Phi) is 3.37. The zero-order chi connectivity index (χ0) is 15.8. The first-order chi connectivity index (χ1) is 11.2. The second-order valence-electron chi connectivity index (χ2n) is 6.05. The largest absolute Gasteiger partial charge is 0.444 e. The van der Waals surface area contributed by atoms with Crippen LogP contribution in [-0.2, 0) is 11.3 Å². The van der Waals surface area contributed by atoms with Crippen LogP contribution in [0.15, 0.2) is 48.5 Å². The molecule has 1 unspecified atom stereocenters. The molecule has 0 bridgehead atoms. The van der Waals surface area contributed by atoms with Gasteiger partial charge in [0.1, 0.15) is 6.61 Å². The van der Waals surface area contributed by atoms with Crippen molar-refractivity contribution in [3.63, 3.8) is 0 Å². The van der Waals surface area contributed by atoms with Crippen molar-refractivity contribution >= 4 is 17.6 Å². The highest BCUT2D eigenvalue weighted by molar-refractivity contribution is 6.03. The van der Waals surface area contributed by atoms with E-state index in [1.54, 1.807) is 4.90 Å². The molecule has 4 rings (SSSR count). The van der Waals surface area contributed by atoms with Crippen LogP contribution in [0, 0.1) is 0 Å². The molecule has 0 fully saturated rings. The molecule has 0 saturated carbocycles. The molecule has 1 heterocycles. The van der Waals surface area contributed by atoms with E-state index in [4.69, 9.17) is 4.74 Å². The van der Waals surface area contributed by atoms with E-state index in [1.165, 1.54) is 0 Å². The monoisotopic (exact) mass is 307 g/mol. The summed E-state index contributed by atoms with van der Waals surface area (Å²) in [4.78, 5) is 26.2. The smallest absolute Gasteiger partial charge is 0.414 e. The lowest BCUT2D eigenvalue weighted by molar-refractivity contribution is 0.0968. The Balaban J connectivity index is 1.56. The normalized spacial score (nSPS) is 18.7. The van der Waals surface area contributed by atoms with Crippen LogP contribution in [-0.4, -0.2) is 18.4 Å². The Morgan fingerprint density at radius 3 is 2.78 bits per heavy atom. The summed E-state index contributed by atoms with van der Waals surface area (Å²) in [5.41, 5.74) is 3.60. The minimum absolute atomic E-state index is 0.178. The molecule has 0 radical (unpaired) electrons. The molecule has 1 aliphatic carbocycles. The number of anilines is 1. The van der Waals surface area contributed by atoms with Crippen LogP contribution in [0.4, 0.5) is 10.5 Å². The first-order valence-corrected chi connectivity index (χ1v) is 7.88. The molecule has 0 aromatic heterocycles. The summed E-state index contributed by atoms with van der Waals surface area (Å²) in [6.45, 7) is 0.863. The number of benzene rings is 2. The first kappa shape index (κ1) is 14.0. The quantitative estimate of drug-likeness (QED) is 0.845. The van der Waals surface area contributed by atoms with Gasteiger partial charge in [-0.3, -0.25) is 9.69 Å². The molecule has 1 aliphatic heterocycles. The third-order valence-corrected chi connectivity index (χ3v) is 4.63. The Morgan fingerprint density at radius 1 is 1.13 bits per heavy atom. The molecule has 1 amide bonds. The zero-order valence-corrected chi connectivity index (χ0v) is 12.7. The maximum absolute atomic E-state index is 12.5. The van der Waals surface area contributed by atoms with E-state index in [2.05, 4.69) is 0 Å². The highest BCUT2D eigenvalue weighted by Gasteiger charge is 2.38. The van der Waals surface area contributed by atoms with Crippen molar-refractivity contribution < 1.29 is 14.3 Å². The molecule has 1 atom stereocenters. The molecule has 4 nitrogen and oxygen atoms in total. The molecule has 2 aromatic carbocycles. The van der Waals surface area contributed by atoms with E-state index in [-0.39, 0.29) is 24.4 Å². The van der Waals surface area contributed by atoms with E-state index >= 15 is 0 Å². The fourth-order valence-electron chi connectivity index (χ4n) is 3.52. The Bertz CT molecular complexity index is 769. The number of hydrogen-bond acceptors (Lipinski definition) is 3. The van der Waals surface area contributed by atoms with Crippen molar-refractivity contribution in [1.82, 2.24) is 0 Å². The fourth-order valence-corrected chi connectivity index (χ4v) is 3.52. The fraction of sp³-hybridized carbons (Fsp3) is 0.263. The van der Waals surface area contributed by atoms with Crippen molar-refractivity contribution in [2.24, 2.45) is 0 Å². The zero-order valence-electron chi connectivity index (χ0n) is 12.7. The van der Waals surface area contributed by atoms with Gasteiger partial charge >= 0.3 is 6.09 Å². The van der Waals surface area contributed by atoms with E-state index in [0.29, 0.717) is 13.0 Å². The summed E-state index contributed by atoms with van der Waals surface area (Å²) < 4.78 is 5.45. The number of carbonyl (C=O) groups is 2. The molecule has 23 heavy (non-hydrogen) atoms. The van der Waals surface area contributed by atoms with Crippen molar-refractivity contribution in [2.45, 2.75) is 25.4 Å². The summed E-state index contributed by atoms with van der Waals surface area (Å²) in [6, 6.07) is 15.2. The van der Waals surface area contributed by atoms with Crippen LogP contribution in [0.2, 0.25) is 0 Å². The molecule has 2 aromatic rings. The second kappa shape index (κ2) is 5.54. The first-order valence-electron chi connectivity index (χ1n) is 7.88. The number of rotatable bonds is 2. The molecule has 116 valence electrons. The SMILES string of the molecule is O=C1CCC2CN(C(=O)OCc3ccccc3)c3cccc1c32. The summed E-state index contributed by atoms with van der Waals surface area (Å²) in [6.07, 6.45) is 1.03. The van der Waals surface area contributed by atoms with Crippen LogP contribution in [0.1, 0.15) is 40.2 Å². The van der Waals surface area contributed by atoms with Gasteiger partial charge in [-0.2, -0.15) is 0 Å². The van der Waals surface area contributed by atoms with Gasteiger partial charge in [0.2, 0.25) is 0 Å². The average Bonchev–Trinajstić information content (AvgIpc) is 2.97. The van der Waals surface area contributed by atoms with Gasteiger partial charge in [-0.15, -0.1) is 0 Å². The number of carbonyl (C=O) groups excluding carboxylic acids is 2. The Morgan fingerprint density at radius 2 is 1.96 bits per heavy atom. The summed E-state index contributed by atoms with van der Waals surface area (Å²) in [5.74, 6) is 0.431. The highest BCUT2D eigenvalue weighted by atomic mass is 16.6. The predicted molar refractivity (Wildman–Crippen MR) is 86.7 cm³/mol. The van der Waals surface area contributed by atoms with Crippen LogP contribution >= 0.6 is 0 Å². The highest BCUT2D eigenvalue weighted by Crippen LogP contribution is 2.44. The number of ketones is 1. The average molecular weight is 307 g/mol.